The molecule has 1 aromatic heterocycles. The van der Waals surface area contributed by atoms with Crippen LogP contribution < -0.4 is 10.2 Å². The van der Waals surface area contributed by atoms with Gasteiger partial charge < -0.3 is 15.3 Å². The molecule has 0 fully saturated rings. The zero-order valence-corrected chi connectivity index (χ0v) is 18.2. The molecule has 0 aliphatic carbocycles. The van der Waals surface area contributed by atoms with E-state index in [4.69, 9.17) is 5.41 Å². The summed E-state index contributed by atoms with van der Waals surface area (Å²) in [5.41, 5.74) is 3.22. The molecular formula is C25H19FN4O2S. The van der Waals surface area contributed by atoms with Gasteiger partial charge in [-0.25, -0.2) is 9.37 Å². The van der Waals surface area contributed by atoms with Gasteiger partial charge in [0, 0.05) is 17.8 Å². The predicted molar refractivity (Wildman–Crippen MR) is 128 cm³/mol. The molecule has 3 aromatic carbocycles. The summed E-state index contributed by atoms with van der Waals surface area (Å²) in [6.45, 7) is 0.459. The highest BCUT2D eigenvalue weighted by Crippen LogP contribution is 2.35. The number of halogens is 1. The SMILES string of the molecule is N=C1C(c2nc3ccccc3s2)=C(O)CN1c1ccc(C(=O)NCc2ccc(F)cc2)cc1. The van der Waals surface area contributed by atoms with Crippen molar-refractivity contribution in [3.63, 3.8) is 0 Å². The first kappa shape index (κ1) is 20.8. The highest BCUT2D eigenvalue weighted by Gasteiger charge is 2.31. The van der Waals surface area contributed by atoms with Gasteiger partial charge in [-0.15, -0.1) is 11.3 Å². The number of aromatic nitrogens is 1. The Balaban J connectivity index is 1.28. The third kappa shape index (κ3) is 4.08. The molecule has 2 heterocycles. The number of rotatable bonds is 5. The summed E-state index contributed by atoms with van der Waals surface area (Å²) >= 11 is 1.44. The number of carbonyl (C=O) groups excluding carboxylic acids is 1. The molecule has 0 radical (unpaired) electrons. The number of hydrogen-bond acceptors (Lipinski definition) is 5. The van der Waals surface area contributed by atoms with E-state index in [1.807, 2.05) is 24.3 Å². The number of nitrogens with zero attached hydrogens (tertiary/aromatic N) is 2. The molecule has 3 N–H and O–H groups in total. The van der Waals surface area contributed by atoms with Crippen molar-refractivity contribution < 1.29 is 14.3 Å². The molecule has 1 aliphatic rings. The molecule has 0 saturated carbocycles. The number of fused-ring (bicyclic) bond motifs is 1. The maximum absolute atomic E-state index is 13.0. The average Bonchev–Trinajstić information content (AvgIpc) is 3.38. The van der Waals surface area contributed by atoms with Crippen LogP contribution in [0.3, 0.4) is 0 Å². The Labute approximate surface area is 193 Å². The van der Waals surface area contributed by atoms with Gasteiger partial charge in [0.1, 0.15) is 22.4 Å². The number of nitrogens with one attached hydrogen (secondary N) is 2. The molecule has 8 heteroatoms. The second-order valence-electron chi connectivity index (χ2n) is 7.60. The monoisotopic (exact) mass is 458 g/mol. The molecule has 1 amide bonds. The molecule has 33 heavy (non-hydrogen) atoms. The van der Waals surface area contributed by atoms with E-state index in [2.05, 4.69) is 10.3 Å². The van der Waals surface area contributed by atoms with Gasteiger partial charge in [0.15, 0.2) is 0 Å². The molecule has 6 nitrogen and oxygen atoms in total. The Hall–Kier alpha value is -4.04. The van der Waals surface area contributed by atoms with E-state index < -0.39 is 0 Å². The van der Waals surface area contributed by atoms with Crippen LogP contribution in [0.25, 0.3) is 15.8 Å². The lowest BCUT2D eigenvalue weighted by molar-refractivity contribution is 0.0951. The number of aliphatic hydroxyl groups excluding tert-OH is 1. The molecule has 1 aliphatic heterocycles. The molecule has 5 rings (SSSR count). The van der Waals surface area contributed by atoms with Gasteiger partial charge in [-0.1, -0.05) is 24.3 Å². The summed E-state index contributed by atoms with van der Waals surface area (Å²) in [6.07, 6.45) is 0. The van der Waals surface area contributed by atoms with Crippen LogP contribution in [0.4, 0.5) is 10.1 Å². The molecule has 0 unspecified atom stereocenters. The van der Waals surface area contributed by atoms with E-state index >= 15 is 0 Å². The minimum atomic E-state index is -0.319. The van der Waals surface area contributed by atoms with Crippen LogP contribution >= 0.6 is 11.3 Å². The van der Waals surface area contributed by atoms with Gasteiger partial charge in [0.05, 0.1) is 22.3 Å². The second-order valence-corrected chi connectivity index (χ2v) is 8.63. The number of thiazole rings is 1. The number of benzene rings is 3. The minimum Gasteiger partial charge on any atom is -0.510 e. The summed E-state index contributed by atoms with van der Waals surface area (Å²) in [5, 5.41) is 22.6. The fraction of sp³-hybridized carbons (Fsp3) is 0.0800. The summed E-state index contributed by atoms with van der Waals surface area (Å²) in [5.74, 6) is -0.307. The molecule has 4 aromatic rings. The molecule has 164 valence electrons. The normalized spacial score (nSPS) is 13.7. The van der Waals surface area contributed by atoms with Crippen molar-refractivity contribution >= 4 is 44.6 Å². The summed E-state index contributed by atoms with van der Waals surface area (Å²) in [6, 6.07) is 20.5. The average molecular weight is 459 g/mol. The molecule has 0 saturated heterocycles. The quantitative estimate of drug-likeness (QED) is 0.387. The number of para-hydroxylation sites is 1. The van der Waals surface area contributed by atoms with Crippen LogP contribution in [0.5, 0.6) is 0 Å². The van der Waals surface area contributed by atoms with E-state index in [-0.39, 0.29) is 29.9 Å². The van der Waals surface area contributed by atoms with Crippen molar-refractivity contribution in [2.24, 2.45) is 0 Å². The van der Waals surface area contributed by atoms with Crippen molar-refractivity contribution in [1.82, 2.24) is 10.3 Å². The van der Waals surface area contributed by atoms with Gasteiger partial charge in [0.25, 0.3) is 5.91 Å². The minimum absolute atomic E-state index is 0.0974. The van der Waals surface area contributed by atoms with Crippen LogP contribution in [0.1, 0.15) is 20.9 Å². The highest BCUT2D eigenvalue weighted by atomic mass is 32.1. The first-order valence-corrected chi connectivity index (χ1v) is 11.1. The van der Waals surface area contributed by atoms with Crippen molar-refractivity contribution in [2.45, 2.75) is 6.54 Å². The third-order valence-corrected chi connectivity index (χ3v) is 6.47. The third-order valence-electron chi connectivity index (χ3n) is 5.42. The van der Waals surface area contributed by atoms with Crippen LogP contribution in [0.2, 0.25) is 0 Å². The van der Waals surface area contributed by atoms with Crippen LogP contribution in [0.15, 0.2) is 78.6 Å². The summed E-state index contributed by atoms with van der Waals surface area (Å²) in [7, 11) is 0. The van der Waals surface area contributed by atoms with Crippen molar-refractivity contribution in [2.75, 3.05) is 11.4 Å². The maximum atomic E-state index is 13.0. The first-order chi connectivity index (χ1) is 16.0. The smallest absolute Gasteiger partial charge is 0.251 e. The van der Waals surface area contributed by atoms with E-state index in [1.165, 1.54) is 23.5 Å². The lowest BCUT2D eigenvalue weighted by Gasteiger charge is -2.19. The number of hydrogen-bond donors (Lipinski definition) is 3. The number of amidine groups is 1. The Morgan fingerprint density at radius 3 is 2.55 bits per heavy atom. The second kappa shape index (κ2) is 8.48. The highest BCUT2D eigenvalue weighted by molar-refractivity contribution is 7.19. The number of anilines is 1. The van der Waals surface area contributed by atoms with Gasteiger partial charge in [-0.3, -0.25) is 10.2 Å². The Kier molecular flexibility index (Phi) is 5.35. The topological polar surface area (TPSA) is 89.3 Å². The Morgan fingerprint density at radius 1 is 1.09 bits per heavy atom. The Bertz CT molecular complexity index is 1360. The lowest BCUT2D eigenvalue weighted by atomic mass is 10.1. The van der Waals surface area contributed by atoms with Crippen LogP contribution in [0, 0.1) is 11.2 Å². The van der Waals surface area contributed by atoms with Crippen molar-refractivity contribution in [3.05, 3.63) is 101 Å². The number of aliphatic hydroxyl groups is 1. The van der Waals surface area contributed by atoms with Crippen LogP contribution in [-0.4, -0.2) is 28.4 Å². The number of carbonyl (C=O) groups is 1. The van der Waals surface area contributed by atoms with E-state index in [0.29, 0.717) is 28.4 Å². The van der Waals surface area contributed by atoms with E-state index in [1.54, 1.807) is 41.3 Å². The summed E-state index contributed by atoms with van der Waals surface area (Å²) < 4.78 is 14.0. The predicted octanol–water partition coefficient (Wildman–Crippen LogP) is 5.13. The molecular weight excluding hydrogens is 439 g/mol. The zero-order chi connectivity index (χ0) is 22.9. The molecule has 0 atom stereocenters. The van der Waals surface area contributed by atoms with Crippen molar-refractivity contribution in [1.29, 1.82) is 5.41 Å². The van der Waals surface area contributed by atoms with Gasteiger partial charge >= 0.3 is 0 Å². The zero-order valence-electron chi connectivity index (χ0n) is 17.4. The number of amides is 1. The van der Waals surface area contributed by atoms with E-state index in [0.717, 1.165) is 15.8 Å². The molecule has 0 spiro atoms. The largest absolute Gasteiger partial charge is 0.510 e. The van der Waals surface area contributed by atoms with Gasteiger partial charge in [0.2, 0.25) is 0 Å². The standard InChI is InChI=1S/C25H19FN4O2S/c26-17-9-5-15(6-10-17)13-28-24(32)16-7-11-18(12-8-16)30-14-20(31)22(23(30)27)25-29-19-3-1-2-4-21(19)33-25/h1-12,27,31H,13-14H2,(H,28,32). The van der Waals surface area contributed by atoms with Gasteiger partial charge in [-0.2, -0.15) is 0 Å². The fourth-order valence-electron chi connectivity index (χ4n) is 3.68. The van der Waals surface area contributed by atoms with E-state index in [9.17, 15) is 14.3 Å². The fourth-order valence-corrected chi connectivity index (χ4v) is 4.72. The lowest BCUT2D eigenvalue weighted by Crippen LogP contribution is -2.26. The van der Waals surface area contributed by atoms with Crippen molar-refractivity contribution in [3.8, 4) is 0 Å². The Morgan fingerprint density at radius 2 is 1.82 bits per heavy atom. The van der Waals surface area contributed by atoms with Gasteiger partial charge in [-0.05, 0) is 54.1 Å². The maximum Gasteiger partial charge on any atom is 0.251 e. The summed E-state index contributed by atoms with van der Waals surface area (Å²) in [4.78, 5) is 18.7. The van der Waals surface area contributed by atoms with Crippen LogP contribution in [-0.2, 0) is 6.54 Å². The first-order valence-electron chi connectivity index (χ1n) is 10.3. The molecule has 0 bridgehead atoms.